The van der Waals surface area contributed by atoms with Gasteiger partial charge in [0, 0.05) is 23.6 Å². The van der Waals surface area contributed by atoms with Gasteiger partial charge in [0.1, 0.15) is 23.4 Å². The summed E-state index contributed by atoms with van der Waals surface area (Å²) >= 11 is 0. The zero-order valence-corrected chi connectivity index (χ0v) is 16.8. The highest BCUT2D eigenvalue weighted by Crippen LogP contribution is 2.25. The van der Waals surface area contributed by atoms with E-state index in [0.29, 0.717) is 28.4 Å². The number of benzene rings is 2. The summed E-state index contributed by atoms with van der Waals surface area (Å²) in [4.78, 5) is 21.0. The summed E-state index contributed by atoms with van der Waals surface area (Å²) in [7, 11) is 0. The van der Waals surface area contributed by atoms with Crippen molar-refractivity contribution < 1.29 is 23.2 Å². The maximum atomic E-state index is 13.1. The number of hydrogen-bond acceptors (Lipinski definition) is 7. The van der Waals surface area contributed by atoms with Gasteiger partial charge in [-0.25, -0.2) is 9.37 Å². The van der Waals surface area contributed by atoms with Crippen molar-refractivity contribution in [2.24, 2.45) is 0 Å². The Bertz CT molecular complexity index is 1210. The summed E-state index contributed by atoms with van der Waals surface area (Å²) in [5.41, 5.74) is 0.337. The van der Waals surface area contributed by atoms with E-state index in [1.807, 2.05) is 0 Å². The van der Waals surface area contributed by atoms with Gasteiger partial charge in [0.15, 0.2) is 0 Å². The van der Waals surface area contributed by atoms with E-state index in [9.17, 15) is 14.3 Å². The number of rotatable bonds is 6. The Morgan fingerprint density at radius 3 is 2.65 bits per heavy atom. The summed E-state index contributed by atoms with van der Waals surface area (Å²) in [6, 6.07) is 12.4. The average molecular weight is 422 g/mol. The second kappa shape index (κ2) is 8.11. The van der Waals surface area contributed by atoms with Crippen LogP contribution in [0.3, 0.4) is 0 Å². The van der Waals surface area contributed by atoms with Crippen LogP contribution in [0.2, 0.25) is 0 Å². The predicted octanol–water partition coefficient (Wildman–Crippen LogP) is 3.48. The second-order valence-corrected chi connectivity index (χ2v) is 7.22. The molecule has 1 unspecified atom stereocenters. The standard InChI is InChI=1S/C22H19FN4O4/c1-13-25-19(27-31-13)15-4-3-5-16(10-15)20(28)24-12-22(2,29)18-11-30-21(26-18)14-6-8-17(23)9-7-14/h3-11,29H,12H2,1-2H3,(H,24,28). The Morgan fingerprint density at radius 1 is 1.16 bits per heavy atom. The molecule has 0 aliphatic heterocycles. The second-order valence-electron chi connectivity index (χ2n) is 7.22. The molecule has 0 aliphatic rings. The third-order valence-corrected chi connectivity index (χ3v) is 4.65. The molecule has 2 aromatic carbocycles. The molecule has 8 nitrogen and oxygen atoms in total. The molecule has 2 aromatic heterocycles. The van der Waals surface area contributed by atoms with E-state index in [2.05, 4.69) is 20.4 Å². The van der Waals surface area contributed by atoms with E-state index < -0.39 is 5.60 Å². The Kier molecular flexibility index (Phi) is 5.35. The highest BCUT2D eigenvalue weighted by atomic mass is 19.1. The zero-order valence-electron chi connectivity index (χ0n) is 16.8. The minimum Gasteiger partial charge on any atom is -0.444 e. The summed E-state index contributed by atoms with van der Waals surface area (Å²) in [6.45, 7) is 3.09. The van der Waals surface area contributed by atoms with Gasteiger partial charge in [0.2, 0.25) is 17.6 Å². The molecular formula is C22H19FN4O4. The molecule has 1 atom stereocenters. The fourth-order valence-electron chi connectivity index (χ4n) is 2.91. The molecule has 158 valence electrons. The number of carbonyl (C=O) groups excluding carboxylic acids is 1. The molecular weight excluding hydrogens is 403 g/mol. The van der Waals surface area contributed by atoms with Crippen LogP contribution in [0, 0.1) is 12.7 Å². The molecule has 1 amide bonds. The molecule has 0 saturated heterocycles. The molecule has 4 aromatic rings. The fraction of sp³-hybridized carbons (Fsp3) is 0.182. The van der Waals surface area contributed by atoms with E-state index in [1.54, 1.807) is 31.2 Å². The molecule has 4 rings (SSSR count). The normalized spacial score (nSPS) is 13.0. The van der Waals surface area contributed by atoms with Crippen molar-refractivity contribution >= 4 is 5.91 Å². The van der Waals surface area contributed by atoms with Crippen LogP contribution in [0.5, 0.6) is 0 Å². The number of amides is 1. The smallest absolute Gasteiger partial charge is 0.251 e. The fourth-order valence-corrected chi connectivity index (χ4v) is 2.91. The maximum Gasteiger partial charge on any atom is 0.251 e. The van der Waals surface area contributed by atoms with Crippen LogP contribution in [-0.4, -0.2) is 32.7 Å². The summed E-state index contributed by atoms with van der Waals surface area (Å²) in [5, 5.41) is 17.3. The summed E-state index contributed by atoms with van der Waals surface area (Å²) in [6.07, 6.45) is 1.31. The lowest BCUT2D eigenvalue weighted by Crippen LogP contribution is -2.38. The van der Waals surface area contributed by atoms with Gasteiger partial charge in [-0.3, -0.25) is 4.79 Å². The number of aliphatic hydroxyl groups is 1. The Hall–Kier alpha value is -3.85. The van der Waals surface area contributed by atoms with Gasteiger partial charge in [0.05, 0.1) is 6.54 Å². The monoisotopic (exact) mass is 422 g/mol. The van der Waals surface area contributed by atoms with Crippen molar-refractivity contribution in [3.05, 3.63) is 77.8 Å². The van der Waals surface area contributed by atoms with E-state index in [-0.39, 0.29) is 29.9 Å². The van der Waals surface area contributed by atoms with Gasteiger partial charge in [-0.05, 0) is 43.3 Å². The number of aromatic nitrogens is 3. The van der Waals surface area contributed by atoms with Gasteiger partial charge in [-0.15, -0.1) is 0 Å². The third kappa shape index (κ3) is 4.51. The maximum absolute atomic E-state index is 13.1. The molecule has 0 aliphatic carbocycles. The molecule has 2 heterocycles. The molecule has 31 heavy (non-hydrogen) atoms. The molecule has 0 radical (unpaired) electrons. The van der Waals surface area contributed by atoms with Crippen LogP contribution in [0.1, 0.15) is 28.9 Å². The Balaban J connectivity index is 1.45. The molecule has 0 bridgehead atoms. The number of hydrogen-bond donors (Lipinski definition) is 2. The van der Waals surface area contributed by atoms with Crippen molar-refractivity contribution in [3.8, 4) is 22.8 Å². The molecule has 0 spiro atoms. The minimum atomic E-state index is -1.49. The predicted molar refractivity (Wildman–Crippen MR) is 108 cm³/mol. The first kappa shape index (κ1) is 20.4. The summed E-state index contributed by atoms with van der Waals surface area (Å²) < 4.78 is 23.5. The van der Waals surface area contributed by atoms with Crippen LogP contribution >= 0.6 is 0 Å². The van der Waals surface area contributed by atoms with Gasteiger partial charge < -0.3 is 19.4 Å². The number of nitrogens with zero attached hydrogens (tertiary/aromatic N) is 3. The minimum absolute atomic E-state index is 0.104. The number of aryl methyl sites for hydroxylation is 1. The van der Waals surface area contributed by atoms with Crippen molar-refractivity contribution in [1.82, 2.24) is 20.4 Å². The zero-order chi connectivity index (χ0) is 22.0. The van der Waals surface area contributed by atoms with Crippen molar-refractivity contribution in [1.29, 1.82) is 0 Å². The first-order valence-corrected chi connectivity index (χ1v) is 9.45. The number of halogens is 1. The first-order chi connectivity index (χ1) is 14.8. The van der Waals surface area contributed by atoms with Gasteiger partial charge in [-0.1, -0.05) is 17.3 Å². The largest absolute Gasteiger partial charge is 0.444 e. The van der Waals surface area contributed by atoms with Crippen molar-refractivity contribution in [2.45, 2.75) is 19.4 Å². The molecule has 2 N–H and O–H groups in total. The molecule has 9 heteroatoms. The van der Waals surface area contributed by atoms with Gasteiger partial charge in [-0.2, -0.15) is 4.98 Å². The highest BCUT2D eigenvalue weighted by Gasteiger charge is 2.28. The SMILES string of the molecule is Cc1nc(-c2cccc(C(=O)NCC(C)(O)c3coc(-c4ccc(F)cc4)n3)c2)no1. The van der Waals surface area contributed by atoms with Gasteiger partial charge >= 0.3 is 0 Å². The number of nitrogens with one attached hydrogen (secondary N) is 1. The number of oxazole rings is 1. The first-order valence-electron chi connectivity index (χ1n) is 9.45. The topological polar surface area (TPSA) is 114 Å². The Morgan fingerprint density at radius 2 is 1.94 bits per heavy atom. The van der Waals surface area contributed by atoms with Gasteiger partial charge in [0.25, 0.3) is 5.91 Å². The quantitative estimate of drug-likeness (QED) is 0.489. The number of carbonyl (C=O) groups is 1. The third-order valence-electron chi connectivity index (χ3n) is 4.65. The highest BCUT2D eigenvalue weighted by molar-refractivity contribution is 5.95. The van der Waals surface area contributed by atoms with E-state index in [0.717, 1.165) is 0 Å². The lowest BCUT2D eigenvalue weighted by molar-refractivity contribution is 0.0489. The molecule has 0 saturated carbocycles. The van der Waals surface area contributed by atoms with E-state index in [1.165, 1.54) is 37.5 Å². The molecule has 0 fully saturated rings. The lowest BCUT2D eigenvalue weighted by Gasteiger charge is -2.21. The van der Waals surface area contributed by atoms with Crippen molar-refractivity contribution in [3.63, 3.8) is 0 Å². The van der Waals surface area contributed by atoms with Crippen LogP contribution < -0.4 is 5.32 Å². The Labute approximate surface area is 176 Å². The van der Waals surface area contributed by atoms with E-state index in [4.69, 9.17) is 8.94 Å². The van der Waals surface area contributed by atoms with Crippen LogP contribution in [-0.2, 0) is 5.60 Å². The summed E-state index contributed by atoms with van der Waals surface area (Å²) in [5.74, 6) is 0.293. The van der Waals surface area contributed by atoms with Crippen LogP contribution in [0.4, 0.5) is 4.39 Å². The van der Waals surface area contributed by atoms with E-state index >= 15 is 0 Å². The average Bonchev–Trinajstić information content (AvgIpc) is 3.43. The van der Waals surface area contributed by atoms with Crippen molar-refractivity contribution in [2.75, 3.05) is 6.54 Å². The van der Waals surface area contributed by atoms with Crippen LogP contribution in [0.15, 0.2) is 63.7 Å². The van der Waals surface area contributed by atoms with Crippen LogP contribution in [0.25, 0.3) is 22.8 Å². The lowest BCUT2D eigenvalue weighted by atomic mass is 10.0.